The minimum atomic E-state index is -3.19. The van der Waals surface area contributed by atoms with Gasteiger partial charge in [0.25, 0.3) is 0 Å². The molecule has 3 atom stereocenters. The Kier molecular flexibility index (Phi) is 11.2. The number of aliphatic imine (C=N–C) groups is 1. The van der Waals surface area contributed by atoms with Gasteiger partial charge in [0.05, 0.1) is 23.5 Å². The number of ether oxygens (including phenoxy) is 1. The Morgan fingerprint density at radius 1 is 1.24 bits per heavy atom. The van der Waals surface area contributed by atoms with Crippen LogP contribution in [-0.2, 0) is 24.8 Å². The first-order chi connectivity index (χ1) is 18.1. The quantitative estimate of drug-likeness (QED) is 0.293. The number of carbonyl (C=O) groups is 1. The zero-order valence-electron chi connectivity index (χ0n) is 23.5. The van der Waals surface area contributed by atoms with Crippen LogP contribution >= 0.6 is 11.6 Å². The Labute approximate surface area is 234 Å². The van der Waals surface area contributed by atoms with Gasteiger partial charge in [0.2, 0.25) is 0 Å². The van der Waals surface area contributed by atoms with Crippen molar-refractivity contribution in [1.82, 2.24) is 0 Å². The second-order valence-electron chi connectivity index (χ2n) is 11.1. The highest BCUT2D eigenvalue weighted by Gasteiger charge is 2.40. The van der Waals surface area contributed by atoms with Crippen molar-refractivity contribution in [3.05, 3.63) is 58.5 Å². The molecule has 1 heterocycles. The Morgan fingerprint density at radius 3 is 2.76 bits per heavy atom. The monoisotopic (exact) mass is 561 g/mol. The van der Waals surface area contributed by atoms with Crippen molar-refractivity contribution in [1.29, 1.82) is 0 Å². The lowest BCUT2D eigenvalue weighted by molar-refractivity contribution is -0.125. The van der Waals surface area contributed by atoms with Crippen LogP contribution in [0.15, 0.2) is 47.3 Å². The van der Waals surface area contributed by atoms with Crippen molar-refractivity contribution in [2.45, 2.75) is 102 Å². The van der Waals surface area contributed by atoms with Crippen molar-refractivity contribution in [2.75, 3.05) is 12.9 Å². The molecular formula is C31H44ClNO4S. The number of aryl methyl sites for hydroxylation is 1. The van der Waals surface area contributed by atoms with Gasteiger partial charge < -0.3 is 4.74 Å². The third kappa shape index (κ3) is 8.05. The van der Waals surface area contributed by atoms with E-state index in [1.165, 1.54) is 6.26 Å². The van der Waals surface area contributed by atoms with Crippen LogP contribution in [0.5, 0.6) is 0 Å². The fourth-order valence-corrected chi connectivity index (χ4v) is 6.66. The molecule has 0 N–H and O–H groups in total. The lowest BCUT2D eigenvalue weighted by Gasteiger charge is -2.38. The number of benzene rings is 1. The molecule has 2 aliphatic rings. The second kappa shape index (κ2) is 13.9. The molecule has 1 fully saturated rings. The van der Waals surface area contributed by atoms with Crippen molar-refractivity contribution in [3.8, 4) is 0 Å². The molecule has 0 aromatic heterocycles. The van der Waals surface area contributed by atoms with Crippen LogP contribution in [0, 0.1) is 12.8 Å². The van der Waals surface area contributed by atoms with Crippen molar-refractivity contribution in [2.24, 2.45) is 10.9 Å². The van der Waals surface area contributed by atoms with Crippen molar-refractivity contribution in [3.63, 3.8) is 0 Å². The second-order valence-corrected chi connectivity index (χ2v) is 13.9. The summed E-state index contributed by atoms with van der Waals surface area (Å²) in [6.45, 7) is 6.43. The number of Topliss-reactive ketones (excluding diaryl/α,β-unsaturated/α-hetero) is 1. The number of hydrogen-bond acceptors (Lipinski definition) is 5. The first kappa shape index (κ1) is 30.6. The van der Waals surface area contributed by atoms with Crippen molar-refractivity contribution >= 4 is 32.9 Å². The van der Waals surface area contributed by atoms with Gasteiger partial charge in [-0.05, 0) is 94.0 Å². The topological polar surface area (TPSA) is 72.8 Å². The van der Waals surface area contributed by atoms with E-state index in [-0.39, 0.29) is 0 Å². The third-order valence-electron chi connectivity index (χ3n) is 8.28. The van der Waals surface area contributed by atoms with E-state index in [9.17, 15) is 13.2 Å². The number of sulfone groups is 1. The molecule has 1 aliphatic carbocycles. The molecule has 0 saturated heterocycles. The molecule has 1 aromatic carbocycles. The highest BCUT2D eigenvalue weighted by molar-refractivity contribution is 7.92. The lowest BCUT2D eigenvalue weighted by Crippen LogP contribution is -2.38. The average molecular weight is 562 g/mol. The summed E-state index contributed by atoms with van der Waals surface area (Å²) in [6, 6.07) is 5.98. The molecule has 0 spiro atoms. The smallest absolute Gasteiger partial charge is 0.155 e. The van der Waals surface area contributed by atoms with Crippen LogP contribution in [0.25, 0.3) is 0 Å². The molecule has 0 bridgehead atoms. The maximum absolute atomic E-state index is 13.6. The highest BCUT2D eigenvalue weighted by atomic mass is 35.5. The Bertz CT molecular complexity index is 1170. The molecule has 1 saturated carbocycles. The summed E-state index contributed by atoms with van der Waals surface area (Å²) in [4.78, 5) is 18.1. The lowest BCUT2D eigenvalue weighted by atomic mass is 9.65. The molecule has 1 aliphatic heterocycles. The average Bonchev–Trinajstić information content (AvgIpc) is 2.83. The molecule has 3 unspecified atom stereocenters. The Hall–Kier alpha value is -1.92. The predicted molar refractivity (Wildman–Crippen MR) is 158 cm³/mol. The number of hydrogen-bond donors (Lipinski definition) is 0. The van der Waals surface area contributed by atoms with Gasteiger partial charge in [0.15, 0.2) is 9.84 Å². The van der Waals surface area contributed by atoms with E-state index >= 15 is 0 Å². The largest absolute Gasteiger partial charge is 0.492 e. The number of halogens is 1. The molecule has 0 radical (unpaired) electrons. The van der Waals surface area contributed by atoms with Crippen LogP contribution in [0.4, 0.5) is 0 Å². The van der Waals surface area contributed by atoms with E-state index in [4.69, 9.17) is 16.3 Å². The number of carbonyl (C=O) groups excluding carboxylic acids is 1. The summed E-state index contributed by atoms with van der Waals surface area (Å²) in [5.41, 5.74) is 2.47. The van der Waals surface area contributed by atoms with Gasteiger partial charge in [-0.1, -0.05) is 49.9 Å². The summed E-state index contributed by atoms with van der Waals surface area (Å²) >= 11 is 6.42. The summed E-state index contributed by atoms with van der Waals surface area (Å²) in [5, 5.41) is 0.0961. The van der Waals surface area contributed by atoms with Crippen LogP contribution in [0.2, 0.25) is 5.02 Å². The molecule has 7 heteroatoms. The molecule has 3 rings (SSSR count). The van der Waals surface area contributed by atoms with E-state index in [0.29, 0.717) is 47.6 Å². The van der Waals surface area contributed by atoms with Gasteiger partial charge in [-0.3, -0.25) is 9.79 Å². The number of allylic oxidation sites excluding steroid dienone is 2. The first-order valence-electron chi connectivity index (χ1n) is 14.1. The fraction of sp³-hybridized carbons (Fsp3) is 0.613. The molecule has 1 aromatic rings. The molecule has 5 nitrogen and oxygen atoms in total. The summed E-state index contributed by atoms with van der Waals surface area (Å²) in [7, 11) is -3.19. The number of nitrogens with zero attached hydrogens (tertiary/aromatic N) is 1. The Balaban J connectivity index is 1.70. The van der Waals surface area contributed by atoms with E-state index < -0.39 is 20.5 Å². The summed E-state index contributed by atoms with van der Waals surface area (Å²) in [6.07, 6.45) is 16.6. The molecule has 38 heavy (non-hydrogen) atoms. The minimum Gasteiger partial charge on any atom is -0.492 e. The van der Waals surface area contributed by atoms with Crippen LogP contribution in [0.3, 0.4) is 0 Å². The van der Waals surface area contributed by atoms with Gasteiger partial charge in [0, 0.05) is 23.4 Å². The summed E-state index contributed by atoms with van der Waals surface area (Å²) in [5.74, 6) is 1.49. The standard InChI is InChI=1S/C31H44ClNO4S/c1-5-10-30(34)31(28-21-26(32)15-14-23(28)2)18-9-8-11-25(16-19-31)17-20-37-27-12-6-7-13-29(33-22-27)24(3)38(4,35)36/h6,12,14-15,21-22,24-25H,5,7-11,13,16-20H2,1-4H3/b12-6-,27-22+,33-29+. The first-order valence-corrected chi connectivity index (χ1v) is 16.4. The minimum absolute atomic E-state index is 0.351. The van der Waals surface area contributed by atoms with Crippen LogP contribution in [0.1, 0.15) is 95.6 Å². The highest BCUT2D eigenvalue weighted by Crippen LogP contribution is 2.43. The maximum atomic E-state index is 13.6. The van der Waals surface area contributed by atoms with E-state index in [2.05, 4.69) is 18.8 Å². The zero-order chi connectivity index (χ0) is 27.8. The maximum Gasteiger partial charge on any atom is 0.155 e. The Morgan fingerprint density at radius 2 is 2.03 bits per heavy atom. The third-order valence-corrected chi connectivity index (χ3v) is 10.1. The van der Waals surface area contributed by atoms with Gasteiger partial charge >= 0.3 is 0 Å². The summed E-state index contributed by atoms with van der Waals surface area (Å²) < 4.78 is 30.1. The van der Waals surface area contributed by atoms with Gasteiger partial charge in [0.1, 0.15) is 11.5 Å². The van der Waals surface area contributed by atoms with Gasteiger partial charge in [-0.2, -0.15) is 0 Å². The van der Waals surface area contributed by atoms with E-state index in [1.54, 1.807) is 13.1 Å². The van der Waals surface area contributed by atoms with Crippen LogP contribution in [-0.4, -0.2) is 38.0 Å². The van der Waals surface area contributed by atoms with Gasteiger partial charge in [-0.15, -0.1) is 0 Å². The zero-order valence-corrected chi connectivity index (χ0v) is 25.0. The molecular weight excluding hydrogens is 518 g/mol. The fourth-order valence-electron chi connectivity index (χ4n) is 5.81. The number of ketones is 1. The normalized spacial score (nSPS) is 27.3. The van der Waals surface area contributed by atoms with Crippen LogP contribution < -0.4 is 0 Å². The van der Waals surface area contributed by atoms with Gasteiger partial charge in [-0.25, -0.2) is 8.42 Å². The van der Waals surface area contributed by atoms with Crippen molar-refractivity contribution < 1.29 is 17.9 Å². The van der Waals surface area contributed by atoms with E-state index in [0.717, 1.165) is 68.9 Å². The predicted octanol–water partition coefficient (Wildman–Crippen LogP) is 7.70. The molecule has 210 valence electrons. The SMILES string of the molecule is CCCC(=O)C1(c2cc(Cl)ccc2C)CCCCC(CCOC2=C/N=C(/C(C)S(C)(=O)=O)CC/C=C\2)CC1. The van der Waals surface area contributed by atoms with E-state index in [1.807, 2.05) is 30.4 Å². The molecule has 0 amide bonds. The number of rotatable bonds is 10.